The Hall–Kier alpha value is -2.34. The van der Waals surface area contributed by atoms with Gasteiger partial charge in [0.05, 0.1) is 12.1 Å². The number of benzene rings is 1. The number of allylic oxidation sites excluding steroid dienone is 3. The highest BCUT2D eigenvalue weighted by Gasteiger charge is 2.38. The number of aryl methyl sites for hydroxylation is 1. The number of unbranched alkanes of at least 4 members (excludes halogenated alkanes) is 1. The standard InChI is InChI=1S/C22H27NO4S/c1-3-27-21(24)13-6-5-10-18-11-9-12-20-19(18)14-17-23(20)28(25,26)22(2)15-7-4-8-16-22/h4,7-9,11-12,14-15,17H,3,5-6,10,13,16H2,1-2H3. The molecule has 0 spiro atoms. The van der Waals surface area contributed by atoms with Gasteiger partial charge in [0.15, 0.2) is 0 Å². The average molecular weight is 402 g/mol. The number of fused-ring (bicyclic) bond motifs is 1. The molecule has 1 aromatic heterocycles. The molecule has 2 aromatic rings. The summed E-state index contributed by atoms with van der Waals surface area (Å²) in [6.45, 7) is 3.97. The van der Waals surface area contributed by atoms with Gasteiger partial charge in [-0.1, -0.05) is 36.4 Å². The molecule has 1 atom stereocenters. The second kappa shape index (κ2) is 8.35. The molecule has 0 amide bonds. The first kappa shape index (κ1) is 20.4. The molecule has 0 N–H and O–H groups in total. The maximum absolute atomic E-state index is 13.3. The van der Waals surface area contributed by atoms with Crippen molar-refractivity contribution in [2.75, 3.05) is 6.61 Å². The van der Waals surface area contributed by atoms with E-state index < -0.39 is 14.8 Å². The highest BCUT2D eigenvalue weighted by molar-refractivity contribution is 7.91. The lowest BCUT2D eigenvalue weighted by Gasteiger charge is -2.27. The molecule has 1 heterocycles. The summed E-state index contributed by atoms with van der Waals surface area (Å²) in [6.07, 6.45) is 12.2. The number of hydrogen-bond donors (Lipinski definition) is 0. The minimum Gasteiger partial charge on any atom is -0.466 e. The Kier molecular flexibility index (Phi) is 6.08. The van der Waals surface area contributed by atoms with Crippen LogP contribution < -0.4 is 0 Å². The number of aromatic nitrogens is 1. The number of carbonyl (C=O) groups is 1. The summed E-state index contributed by atoms with van der Waals surface area (Å²) in [5.74, 6) is -0.166. The number of ether oxygens (including phenoxy) is 1. The summed E-state index contributed by atoms with van der Waals surface area (Å²) < 4.78 is 32.0. The van der Waals surface area contributed by atoms with Crippen LogP contribution in [0.15, 0.2) is 54.8 Å². The quantitative estimate of drug-likeness (QED) is 0.487. The SMILES string of the molecule is CCOC(=O)CCCCc1cccc2c1ccn2S(=O)(=O)C1(C)C=CC=CC1. The lowest BCUT2D eigenvalue weighted by atomic mass is 10.0. The zero-order chi connectivity index (χ0) is 20.2. The van der Waals surface area contributed by atoms with Crippen LogP contribution in [0.1, 0.15) is 45.1 Å². The summed E-state index contributed by atoms with van der Waals surface area (Å²) >= 11 is 0. The van der Waals surface area contributed by atoms with Gasteiger partial charge in [-0.3, -0.25) is 4.79 Å². The van der Waals surface area contributed by atoms with Crippen LogP contribution in [-0.4, -0.2) is 29.7 Å². The van der Waals surface area contributed by atoms with Crippen molar-refractivity contribution in [2.45, 2.75) is 50.7 Å². The van der Waals surface area contributed by atoms with Crippen LogP contribution >= 0.6 is 0 Å². The monoisotopic (exact) mass is 401 g/mol. The third-order valence-electron chi connectivity index (χ3n) is 5.24. The molecule has 6 heteroatoms. The topological polar surface area (TPSA) is 65.4 Å². The molecule has 28 heavy (non-hydrogen) atoms. The fourth-order valence-corrected chi connectivity index (χ4v) is 5.22. The van der Waals surface area contributed by atoms with Gasteiger partial charge in [0.2, 0.25) is 10.0 Å². The molecule has 0 fully saturated rings. The fourth-order valence-electron chi connectivity index (χ4n) is 3.58. The van der Waals surface area contributed by atoms with Crippen molar-refractivity contribution in [2.24, 2.45) is 0 Å². The molecular weight excluding hydrogens is 374 g/mol. The van der Waals surface area contributed by atoms with E-state index in [0.717, 1.165) is 30.2 Å². The molecule has 1 unspecified atom stereocenters. The van der Waals surface area contributed by atoms with Gasteiger partial charge in [-0.25, -0.2) is 12.4 Å². The predicted octanol–water partition coefficient (Wildman–Crippen LogP) is 4.37. The summed E-state index contributed by atoms with van der Waals surface area (Å²) in [6, 6.07) is 7.64. The van der Waals surface area contributed by atoms with Crippen LogP contribution in [0.4, 0.5) is 0 Å². The van der Waals surface area contributed by atoms with Gasteiger partial charge in [-0.2, -0.15) is 0 Å². The maximum atomic E-state index is 13.3. The van der Waals surface area contributed by atoms with Crippen molar-refractivity contribution >= 4 is 26.9 Å². The first-order chi connectivity index (χ1) is 13.4. The molecular formula is C22H27NO4S. The first-order valence-electron chi connectivity index (χ1n) is 9.73. The Balaban J connectivity index is 1.80. The van der Waals surface area contributed by atoms with Crippen LogP contribution in [0.25, 0.3) is 10.9 Å². The van der Waals surface area contributed by atoms with E-state index in [-0.39, 0.29) is 5.97 Å². The van der Waals surface area contributed by atoms with E-state index in [2.05, 4.69) is 0 Å². The number of carbonyl (C=O) groups excluding carboxylic acids is 1. The Labute approximate surface area is 166 Å². The maximum Gasteiger partial charge on any atom is 0.305 e. The number of rotatable bonds is 8. The summed E-state index contributed by atoms with van der Waals surface area (Å²) in [4.78, 5) is 11.5. The Morgan fingerprint density at radius 3 is 2.75 bits per heavy atom. The molecule has 0 saturated heterocycles. The van der Waals surface area contributed by atoms with E-state index in [1.54, 1.807) is 32.2 Å². The molecule has 1 aliphatic rings. The number of esters is 1. The molecule has 0 aliphatic heterocycles. The Morgan fingerprint density at radius 1 is 1.21 bits per heavy atom. The van der Waals surface area contributed by atoms with Gasteiger partial charge in [-0.15, -0.1) is 0 Å². The van der Waals surface area contributed by atoms with Crippen LogP contribution in [-0.2, 0) is 26.0 Å². The molecule has 1 aromatic carbocycles. The zero-order valence-corrected chi connectivity index (χ0v) is 17.2. The van der Waals surface area contributed by atoms with E-state index in [0.29, 0.717) is 25.0 Å². The van der Waals surface area contributed by atoms with Crippen LogP contribution in [0.2, 0.25) is 0 Å². The van der Waals surface area contributed by atoms with E-state index in [9.17, 15) is 13.2 Å². The molecule has 0 saturated carbocycles. The predicted molar refractivity (Wildman–Crippen MR) is 112 cm³/mol. The third-order valence-corrected chi connectivity index (χ3v) is 7.55. The van der Waals surface area contributed by atoms with Crippen molar-refractivity contribution in [3.63, 3.8) is 0 Å². The normalized spacial score (nSPS) is 19.2. The largest absolute Gasteiger partial charge is 0.466 e. The van der Waals surface area contributed by atoms with Gasteiger partial charge in [0.1, 0.15) is 4.75 Å². The van der Waals surface area contributed by atoms with Gasteiger partial charge in [0.25, 0.3) is 0 Å². The van der Waals surface area contributed by atoms with Crippen molar-refractivity contribution in [3.05, 3.63) is 60.3 Å². The van der Waals surface area contributed by atoms with Crippen LogP contribution in [0.3, 0.4) is 0 Å². The second-order valence-electron chi connectivity index (χ2n) is 7.28. The summed E-state index contributed by atoms with van der Waals surface area (Å²) in [5.41, 5.74) is 1.80. The third kappa shape index (κ3) is 3.92. The van der Waals surface area contributed by atoms with Crippen LogP contribution in [0.5, 0.6) is 0 Å². The van der Waals surface area contributed by atoms with Gasteiger partial charge in [0, 0.05) is 18.0 Å². The van der Waals surface area contributed by atoms with Gasteiger partial charge in [-0.05, 0) is 57.2 Å². The molecule has 3 rings (SSSR count). The molecule has 0 bridgehead atoms. The molecule has 0 radical (unpaired) electrons. The highest BCUT2D eigenvalue weighted by Crippen LogP contribution is 2.32. The average Bonchev–Trinajstić information content (AvgIpc) is 3.11. The Bertz CT molecular complexity index is 1020. The molecule has 5 nitrogen and oxygen atoms in total. The highest BCUT2D eigenvalue weighted by atomic mass is 32.2. The summed E-state index contributed by atoms with van der Waals surface area (Å²) in [7, 11) is -3.59. The summed E-state index contributed by atoms with van der Waals surface area (Å²) in [5, 5.41) is 0.946. The second-order valence-corrected chi connectivity index (χ2v) is 9.56. The number of hydrogen-bond acceptors (Lipinski definition) is 4. The first-order valence-corrected chi connectivity index (χ1v) is 11.2. The van der Waals surface area contributed by atoms with E-state index in [4.69, 9.17) is 4.74 Å². The van der Waals surface area contributed by atoms with Crippen molar-refractivity contribution in [3.8, 4) is 0 Å². The van der Waals surface area contributed by atoms with Crippen LogP contribution in [0, 0.1) is 0 Å². The zero-order valence-electron chi connectivity index (χ0n) is 16.4. The minimum absolute atomic E-state index is 0.166. The van der Waals surface area contributed by atoms with E-state index >= 15 is 0 Å². The fraction of sp³-hybridized carbons (Fsp3) is 0.409. The van der Waals surface area contributed by atoms with E-state index in [1.165, 1.54) is 3.97 Å². The Morgan fingerprint density at radius 2 is 2.04 bits per heavy atom. The molecule has 1 aliphatic carbocycles. The number of nitrogens with zero attached hydrogens (tertiary/aromatic N) is 1. The smallest absolute Gasteiger partial charge is 0.305 e. The van der Waals surface area contributed by atoms with Crippen molar-refractivity contribution in [1.82, 2.24) is 3.97 Å². The lowest BCUT2D eigenvalue weighted by Crippen LogP contribution is -2.37. The van der Waals surface area contributed by atoms with Gasteiger partial charge < -0.3 is 4.74 Å². The van der Waals surface area contributed by atoms with E-state index in [1.807, 2.05) is 36.4 Å². The van der Waals surface area contributed by atoms with Gasteiger partial charge >= 0.3 is 5.97 Å². The minimum atomic E-state index is -3.59. The van der Waals surface area contributed by atoms with Crippen molar-refractivity contribution < 1.29 is 17.9 Å². The molecule has 150 valence electrons. The van der Waals surface area contributed by atoms with Crippen molar-refractivity contribution in [1.29, 1.82) is 0 Å². The lowest BCUT2D eigenvalue weighted by molar-refractivity contribution is -0.143.